The number of rotatable bonds is 5. The third-order valence-electron chi connectivity index (χ3n) is 2.50. The minimum Gasteiger partial charge on any atom is -0.362 e. The summed E-state index contributed by atoms with van der Waals surface area (Å²) >= 11 is 1.49. The molecule has 1 heterocycles. The van der Waals surface area contributed by atoms with Gasteiger partial charge in [-0.3, -0.25) is 4.79 Å². The highest BCUT2D eigenvalue weighted by molar-refractivity contribution is 7.10. The van der Waals surface area contributed by atoms with Crippen LogP contribution in [0.3, 0.4) is 0 Å². The molecule has 7 heteroatoms. The summed E-state index contributed by atoms with van der Waals surface area (Å²) in [6.07, 6.45) is -4.42. The quantitative estimate of drug-likeness (QED) is 0.903. The van der Waals surface area contributed by atoms with Crippen molar-refractivity contribution in [3.63, 3.8) is 0 Å². The Hall–Kier alpha value is -1.08. The number of nitrogens with one attached hydrogen (secondary N) is 1. The van der Waals surface area contributed by atoms with Gasteiger partial charge in [0.2, 0.25) is 5.91 Å². The Bertz CT molecular complexity index is 424. The van der Waals surface area contributed by atoms with Crippen molar-refractivity contribution in [2.75, 3.05) is 13.2 Å². The molecular formula is C13H18F3NO2S. The fraction of sp³-hybridized carbons (Fsp3) is 0.615. The van der Waals surface area contributed by atoms with Crippen molar-refractivity contribution in [1.82, 2.24) is 5.32 Å². The number of hydrogen-bond donors (Lipinski definition) is 1. The zero-order chi connectivity index (χ0) is 15.4. The molecule has 0 fully saturated rings. The Morgan fingerprint density at radius 3 is 2.50 bits per heavy atom. The van der Waals surface area contributed by atoms with E-state index < -0.39 is 25.3 Å². The number of halogens is 3. The lowest BCUT2D eigenvalue weighted by Crippen LogP contribution is -2.38. The van der Waals surface area contributed by atoms with Gasteiger partial charge in [0.05, 0.1) is 6.04 Å². The first-order valence-electron chi connectivity index (χ1n) is 6.07. The molecule has 114 valence electrons. The second kappa shape index (κ2) is 6.58. The fourth-order valence-electron chi connectivity index (χ4n) is 1.63. The molecule has 0 radical (unpaired) electrons. The van der Waals surface area contributed by atoms with Crippen molar-refractivity contribution in [3.8, 4) is 0 Å². The Morgan fingerprint density at radius 2 is 2.05 bits per heavy atom. The van der Waals surface area contributed by atoms with Crippen molar-refractivity contribution in [2.45, 2.75) is 33.0 Å². The van der Waals surface area contributed by atoms with Gasteiger partial charge in [0, 0.05) is 4.88 Å². The van der Waals surface area contributed by atoms with Crippen molar-refractivity contribution >= 4 is 17.2 Å². The van der Waals surface area contributed by atoms with Crippen LogP contribution >= 0.6 is 11.3 Å². The van der Waals surface area contributed by atoms with Crippen molar-refractivity contribution in [1.29, 1.82) is 0 Å². The van der Waals surface area contributed by atoms with Crippen LogP contribution in [0, 0.1) is 5.41 Å². The van der Waals surface area contributed by atoms with Crippen LogP contribution in [-0.2, 0) is 9.53 Å². The predicted molar refractivity (Wildman–Crippen MR) is 71.5 cm³/mol. The molecule has 0 aliphatic heterocycles. The van der Waals surface area contributed by atoms with Crippen molar-refractivity contribution in [2.24, 2.45) is 5.41 Å². The molecule has 0 spiro atoms. The fourth-order valence-corrected chi connectivity index (χ4v) is 2.65. The molecule has 1 unspecified atom stereocenters. The minimum absolute atomic E-state index is 0.245. The van der Waals surface area contributed by atoms with Crippen molar-refractivity contribution < 1.29 is 22.7 Å². The van der Waals surface area contributed by atoms with E-state index in [9.17, 15) is 18.0 Å². The van der Waals surface area contributed by atoms with E-state index in [0.717, 1.165) is 4.88 Å². The smallest absolute Gasteiger partial charge is 0.362 e. The van der Waals surface area contributed by atoms with Crippen LogP contribution in [0.5, 0.6) is 0 Å². The molecule has 0 bridgehead atoms. The highest BCUT2D eigenvalue weighted by atomic mass is 32.1. The number of hydrogen-bond acceptors (Lipinski definition) is 3. The third kappa shape index (κ3) is 5.92. The topological polar surface area (TPSA) is 38.3 Å². The minimum atomic E-state index is -4.42. The van der Waals surface area contributed by atoms with Gasteiger partial charge < -0.3 is 10.1 Å². The van der Waals surface area contributed by atoms with E-state index >= 15 is 0 Å². The first kappa shape index (κ1) is 17.0. The van der Waals surface area contributed by atoms with E-state index in [1.54, 1.807) is 0 Å². The summed E-state index contributed by atoms with van der Waals surface area (Å²) < 4.78 is 40.1. The number of carbonyl (C=O) groups excluding carboxylic acids is 1. The number of thiophene rings is 1. The van der Waals surface area contributed by atoms with Gasteiger partial charge in [-0.05, 0) is 16.9 Å². The number of ether oxygens (including phenoxy) is 1. The maximum absolute atomic E-state index is 11.9. The molecule has 20 heavy (non-hydrogen) atoms. The standard InChI is InChI=1S/C13H18F3NO2S/c1-12(2,3)11(9-5-4-6-20-9)17-10(18)7-19-8-13(14,15)16/h4-6,11H,7-8H2,1-3H3,(H,17,18). The van der Waals surface area contributed by atoms with E-state index in [1.807, 2.05) is 38.3 Å². The average Bonchev–Trinajstić information content (AvgIpc) is 2.75. The van der Waals surface area contributed by atoms with Gasteiger partial charge in [-0.2, -0.15) is 13.2 Å². The zero-order valence-electron chi connectivity index (χ0n) is 11.6. The second-order valence-corrected chi connectivity index (χ2v) is 6.47. The monoisotopic (exact) mass is 309 g/mol. The van der Waals surface area contributed by atoms with E-state index in [2.05, 4.69) is 10.1 Å². The number of alkyl halides is 3. The largest absolute Gasteiger partial charge is 0.411 e. The van der Waals surface area contributed by atoms with Crippen LogP contribution in [-0.4, -0.2) is 25.3 Å². The Labute approximate surface area is 120 Å². The summed E-state index contributed by atoms with van der Waals surface area (Å²) in [6.45, 7) is 3.84. The van der Waals surface area contributed by atoms with E-state index in [0.29, 0.717) is 0 Å². The van der Waals surface area contributed by atoms with Gasteiger partial charge in [-0.15, -0.1) is 11.3 Å². The molecule has 1 aromatic rings. The summed E-state index contributed by atoms with van der Waals surface area (Å²) in [7, 11) is 0. The van der Waals surface area contributed by atoms with Gasteiger partial charge in [-0.1, -0.05) is 26.8 Å². The molecule has 0 aliphatic carbocycles. The van der Waals surface area contributed by atoms with Gasteiger partial charge in [0.25, 0.3) is 0 Å². The van der Waals surface area contributed by atoms with Gasteiger partial charge >= 0.3 is 6.18 Å². The van der Waals surface area contributed by atoms with Gasteiger partial charge in [-0.25, -0.2) is 0 Å². The Morgan fingerprint density at radius 1 is 1.40 bits per heavy atom. The molecule has 3 nitrogen and oxygen atoms in total. The molecule has 1 N–H and O–H groups in total. The maximum Gasteiger partial charge on any atom is 0.411 e. The first-order chi connectivity index (χ1) is 9.09. The SMILES string of the molecule is CC(C)(C)C(NC(=O)COCC(F)(F)F)c1cccs1. The van der Waals surface area contributed by atoms with Crippen LogP contribution in [0.15, 0.2) is 17.5 Å². The lowest BCUT2D eigenvalue weighted by atomic mass is 9.86. The Balaban J connectivity index is 2.56. The van der Waals surface area contributed by atoms with E-state index in [4.69, 9.17) is 0 Å². The second-order valence-electron chi connectivity index (χ2n) is 5.49. The molecular weight excluding hydrogens is 291 g/mol. The summed E-state index contributed by atoms with van der Waals surface area (Å²) in [5, 5.41) is 4.61. The highest BCUT2D eigenvalue weighted by Crippen LogP contribution is 2.34. The average molecular weight is 309 g/mol. The molecule has 1 atom stereocenters. The predicted octanol–water partition coefficient (Wildman–Crippen LogP) is 3.53. The number of amides is 1. The van der Waals surface area contributed by atoms with Crippen molar-refractivity contribution in [3.05, 3.63) is 22.4 Å². The third-order valence-corrected chi connectivity index (χ3v) is 3.44. The summed E-state index contributed by atoms with van der Waals surface area (Å²) in [5.74, 6) is -0.553. The van der Waals surface area contributed by atoms with Crippen LogP contribution < -0.4 is 5.32 Å². The summed E-state index contributed by atoms with van der Waals surface area (Å²) in [4.78, 5) is 12.6. The molecule has 0 saturated carbocycles. The van der Waals surface area contributed by atoms with Crippen LogP contribution in [0.4, 0.5) is 13.2 Å². The molecule has 0 aliphatic rings. The summed E-state index contributed by atoms with van der Waals surface area (Å²) in [6, 6.07) is 3.49. The normalized spacial score (nSPS) is 14.1. The van der Waals surface area contributed by atoms with Crippen LogP contribution in [0.25, 0.3) is 0 Å². The van der Waals surface area contributed by atoms with E-state index in [-0.39, 0.29) is 11.5 Å². The molecule has 0 saturated heterocycles. The van der Waals surface area contributed by atoms with Crippen LogP contribution in [0.2, 0.25) is 0 Å². The van der Waals surface area contributed by atoms with E-state index in [1.165, 1.54) is 11.3 Å². The van der Waals surface area contributed by atoms with Gasteiger partial charge in [0.15, 0.2) is 0 Å². The maximum atomic E-state index is 11.9. The molecule has 1 rings (SSSR count). The Kier molecular flexibility index (Phi) is 5.59. The van der Waals surface area contributed by atoms with Crippen LogP contribution in [0.1, 0.15) is 31.7 Å². The first-order valence-corrected chi connectivity index (χ1v) is 6.95. The number of carbonyl (C=O) groups is 1. The lowest BCUT2D eigenvalue weighted by molar-refractivity contribution is -0.175. The molecule has 1 amide bonds. The summed E-state index contributed by atoms with van der Waals surface area (Å²) in [5.41, 5.74) is -0.245. The zero-order valence-corrected chi connectivity index (χ0v) is 12.4. The van der Waals surface area contributed by atoms with Gasteiger partial charge in [0.1, 0.15) is 13.2 Å². The lowest BCUT2D eigenvalue weighted by Gasteiger charge is -2.30. The highest BCUT2D eigenvalue weighted by Gasteiger charge is 2.30. The molecule has 0 aromatic carbocycles. The molecule has 1 aromatic heterocycles.